The largest absolute Gasteiger partial charge is 0.454 e. The molecule has 2 aliphatic heterocycles. The average molecular weight is 479 g/mol. The van der Waals surface area contributed by atoms with Crippen molar-refractivity contribution in [3.8, 4) is 29.1 Å². The summed E-state index contributed by atoms with van der Waals surface area (Å²) in [5, 5.41) is 14.8. The molecule has 2 aromatic carbocycles. The number of aryl methyl sites for hydroxylation is 1. The number of aromatic nitrogens is 2. The van der Waals surface area contributed by atoms with Gasteiger partial charge in [-0.3, -0.25) is 0 Å². The number of allylic oxidation sites excluding steroid dienone is 1. The van der Waals surface area contributed by atoms with Gasteiger partial charge in [-0.1, -0.05) is 47.5 Å². The van der Waals surface area contributed by atoms with E-state index in [2.05, 4.69) is 28.9 Å². The van der Waals surface area contributed by atoms with Crippen LogP contribution in [0.4, 0.5) is 0 Å². The molecule has 0 saturated heterocycles. The molecule has 3 heterocycles. The van der Waals surface area contributed by atoms with E-state index in [1.807, 2.05) is 42.5 Å². The number of nitriles is 1. The lowest BCUT2D eigenvalue weighted by Crippen LogP contribution is -2.22. The maximum Gasteiger partial charge on any atom is 0.231 e. The highest BCUT2D eigenvalue weighted by Crippen LogP contribution is 2.49. The summed E-state index contributed by atoms with van der Waals surface area (Å²) in [6.45, 7) is 2.26. The van der Waals surface area contributed by atoms with E-state index in [9.17, 15) is 5.26 Å². The van der Waals surface area contributed by atoms with Gasteiger partial charge in [0.05, 0.1) is 22.9 Å². The third kappa shape index (κ3) is 3.13. The van der Waals surface area contributed by atoms with Crippen LogP contribution in [0.15, 0.2) is 58.4 Å². The van der Waals surface area contributed by atoms with E-state index < -0.39 is 5.92 Å². The number of halogens is 1. The number of nitrogens with zero attached hydrogens (tertiary/aromatic N) is 3. The fourth-order valence-corrected chi connectivity index (χ4v) is 4.59. The maximum absolute atomic E-state index is 9.98. The van der Waals surface area contributed by atoms with E-state index in [-0.39, 0.29) is 12.7 Å². The van der Waals surface area contributed by atoms with E-state index in [0.29, 0.717) is 23.0 Å². The summed E-state index contributed by atoms with van der Waals surface area (Å²) in [5.41, 5.74) is 10.0. The SMILES string of the molecule is CCCc1nn(-c2ccccc2)c2c1C(c1cc3c(cc1Br)OCO3)C(C#N)=C(N)O2. The topological polar surface area (TPSA) is 95.3 Å². The first-order valence-electron chi connectivity index (χ1n) is 9.96. The van der Waals surface area contributed by atoms with E-state index in [1.165, 1.54) is 0 Å². The molecule has 2 aliphatic rings. The van der Waals surface area contributed by atoms with Gasteiger partial charge in [0.15, 0.2) is 11.5 Å². The van der Waals surface area contributed by atoms with Crippen LogP contribution >= 0.6 is 15.9 Å². The van der Waals surface area contributed by atoms with E-state index in [0.717, 1.165) is 39.8 Å². The minimum absolute atomic E-state index is 0.0738. The van der Waals surface area contributed by atoms with Gasteiger partial charge in [-0.25, -0.2) is 4.68 Å². The van der Waals surface area contributed by atoms with Crippen molar-refractivity contribution in [1.82, 2.24) is 9.78 Å². The molecule has 1 aromatic heterocycles. The van der Waals surface area contributed by atoms with Gasteiger partial charge in [0.2, 0.25) is 18.6 Å². The summed E-state index contributed by atoms with van der Waals surface area (Å²) < 4.78 is 19.6. The van der Waals surface area contributed by atoms with Gasteiger partial charge >= 0.3 is 0 Å². The Morgan fingerprint density at radius 1 is 1.23 bits per heavy atom. The highest BCUT2D eigenvalue weighted by molar-refractivity contribution is 9.10. The highest BCUT2D eigenvalue weighted by atomic mass is 79.9. The molecule has 1 atom stereocenters. The second-order valence-corrected chi connectivity index (χ2v) is 8.17. The van der Waals surface area contributed by atoms with Crippen molar-refractivity contribution in [1.29, 1.82) is 5.26 Å². The van der Waals surface area contributed by atoms with E-state index in [1.54, 1.807) is 4.68 Å². The van der Waals surface area contributed by atoms with Crippen LogP contribution in [0.2, 0.25) is 0 Å². The van der Waals surface area contributed by atoms with Crippen LogP contribution in [-0.4, -0.2) is 16.6 Å². The van der Waals surface area contributed by atoms with Gasteiger partial charge in [-0.2, -0.15) is 10.4 Å². The summed E-state index contributed by atoms with van der Waals surface area (Å²) in [6, 6.07) is 15.8. The van der Waals surface area contributed by atoms with E-state index in [4.69, 9.17) is 25.0 Å². The predicted octanol–water partition coefficient (Wildman–Crippen LogP) is 4.53. The quantitative estimate of drug-likeness (QED) is 0.591. The lowest BCUT2D eigenvalue weighted by atomic mass is 9.83. The monoisotopic (exact) mass is 478 g/mol. The van der Waals surface area contributed by atoms with Gasteiger partial charge in [-0.15, -0.1) is 0 Å². The van der Waals surface area contributed by atoms with Crippen molar-refractivity contribution in [2.75, 3.05) is 6.79 Å². The lowest BCUT2D eigenvalue weighted by molar-refractivity contribution is 0.174. The molecule has 7 nitrogen and oxygen atoms in total. The van der Waals surface area contributed by atoms with Gasteiger partial charge in [0.1, 0.15) is 11.6 Å². The molecule has 0 spiro atoms. The normalized spacial score (nSPS) is 16.6. The van der Waals surface area contributed by atoms with Crippen LogP contribution in [0.25, 0.3) is 5.69 Å². The van der Waals surface area contributed by atoms with Crippen LogP contribution in [0, 0.1) is 11.3 Å². The van der Waals surface area contributed by atoms with Crippen molar-refractivity contribution in [3.63, 3.8) is 0 Å². The third-order valence-corrected chi connectivity index (χ3v) is 6.10. The second-order valence-electron chi connectivity index (χ2n) is 7.31. The van der Waals surface area contributed by atoms with Crippen molar-refractivity contribution < 1.29 is 14.2 Å². The van der Waals surface area contributed by atoms with Gasteiger partial charge < -0.3 is 19.9 Å². The molecule has 0 fully saturated rings. The van der Waals surface area contributed by atoms with Crippen LogP contribution in [0.1, 0.15) is 36.1 Å². The molecule has 0 amide bonds. The summed E-state index contributed by atoms with van der Waals surface area (Å²) in [6.07, 6.45) is 1.64. The second kappa shape index (κ2) is 7.67. The Kier molecular flexibility index (Phi) is 4.83. The predicted molar refractivity (Wildman–Crippen MR) is 117 cm³/mol. The summed E-state index contributed by atoms with van der Waals surface area (Å²) >= 11 is 3.65. The molecule has 2 N–H and O–H groups in total. The van der Waals surface area contributed by atoms with Crippen LogP contribution in [0.3, 0.4) is 0 Å². The summed E-state index contributed by atoms with van der Waals surface area (Å²) in [4.78, 5) is 0. The van der Waals surface area contributed by atoms with Gasteiger partial charge in [0.25, 0.3) is 0 Å². The number of nitrogens with two attached hydrogens (primary N) is 1. The molecule has 8 heteroatoms. The first-order valence-corrected chi connectivity index (χ1v) is 10.8. The Morgan fingerprint density at radius 2 is 1.97 bits per heavy atom. The number of ether oxygens (including phenoxy) is 3. The molecule has 0 radical (unpaired) electrons. The average Bonchev–Trinajstić information content (AvgIpc) is 3.37. The first kappa shape index (κ1) is 19.5. The molecular weight excluding hydrogens is 460 g/mol. The molecular formula is C23H19BrN4O3. The third-order valence-electron chi connectivity index (χ3n) is 5.41. The van der Waals surface area contributed by atoms with Crippen molar-refractivity contribution >= 4 is 15.9 Å². The Labute approximate surface area is 187 Å². The molecule has 156 valence electrons. The van der Waals surface area contributed by atoms with Gasteiger partial charge in [-0.05, 0) is 36.2 Å². The molecule has 1 unspecified atom stereocenters. The first-order chi connectivity index (χ1) is 15.1. The maximum atomic E-state index is 9.98. The minimum Gasteiger partial charge on any atom is -0.454 e. The number of hydrogen-bond acceptors (Lipinski definition) is 6. The Hall–Kier alpha value is -3.44. The zero-order valence-corrected chi connectivity index (χ0v) is 18.3. The Morgan fingerprint density at radius 3 is 2.68 bits per heavy atom. The number of para-hydroxylation sites is 1. The highest BCUT2D eigenvalue weighted by Gasteiger charge is 2.38. The van der Waals surface area contributed by atoms with Crippen molar-refractivity contribution in [3.05, 3.63) is 75.2 Å². The fraction of sp³-hybridized carbons (Fsp3) is 0.217. The zero-order chi connectivity index (χ0) is 21.5. The van der Waals surface area contributed by atoms with Crippen LogP contribution in [0.5, 0.6) is 17.4 Å². The number of fused-ring (bicyclic) bond motifs is 2. The molecule has 5 rings (SSSR count). The molecule has 31 heavy (non-hydrogen) atoms. The zero-order valence-electron chi connectivity index (χ0n) is 16.8. The number of rotatable bonds is 4. The summed E-state index contributed by atoms with van der Waals surface area (Å²) in [5.74, 6) is 1.45. The number of hydrogen-bond donors (Lipinski definition) is 1. The molecule has 0 saturated carbocycles. The van der Waals surface area contributed by atoms with Gasteiger partial charge in [0, 0.05) is 4.47 Å². The fourth-order valence-electron chi connectivity index (χ4n) is 4.04. The Balaban J connectivity index is 1.77. The van der Waals surface area contributed by atoms with Crippen LogP contribution < -0.4 is 19.9 Å². The summed E-state index contributed by atoms with van der Waals surface area (Å²) in [7, 11) is 0. The minimum atomic E-state index is -0.448. The van der Waals surface area contributed by atoms with E-state index >= 15 is 0 Å². The standard InChI is InChI=1S/C23H19BrN4O3/c1-2-6-17-21-20(14-9-18-19(10-16(14)24)30-12-29-18)15(11-25)22(26)31-23(21)28(27-17)13-7-4-3-5-8-13/h3-5,7-10,20H,2,6,12,26H2,1H3. The smallest absolute Gasteiger partial charge is 0.231 e. The van der Waals surface area contributed by atoms with Crippen molar-refractivity contribution in [2.24, 2.45) is 5.73 Å². The van der Waals surface area contributed by atoms with Crippen LogP contribution in [-0.2, 0) is 6.42 Å². The molecule has 0 aliphatic carbocycles. The molecule has 3 aromatic rings. The lowest BCUT2D eigenvalue weighted by Gasteiger charge is -2.26. The van der Waals surface area contributed by atoms with Crippen molar-refractivity contribution in [2.45, 2.75) is 25.7 Å². The molecule has 0 bridgehead atoms. The Bertz CT molecular complexity index is 1240. The number of benzene rings is 2.